The van der Waals surface area contributed by atoms with Crippen molar-refractivity contribution in [2.24, 2.45) is 0 Å². The average Bonchev–Trinajstić information content (AvgIpc) is 3.28. The zero-order valence-electron chi connectivity index (χ0n) is 18.8. The number of amides is 1. The fraction of sp³-hybridized carbons (Fsp3) is 0.120. The van der Waals surface area contributed by atoms with Crippen LogP contribution in [0.3, 0.4) is 0 Å². The number of alkyl halides is 3. The number of benzene rings is 3. The Morgan fingerprint density at radius 2 is 1.70 bits per heavy atom. The predicted octanol–water partition coefficient (Wildman–Crippen LogP) is 6.50. The van der Waals surface area contributed by atoms with Crippen LogP contribution in [0.1, 0.15) is 32.1 Å². The first kappa shape index (κ1) is 26.7. The molecule has 0 bridgehead atoms. The highest BCUT2D eigenvalue weighted by Crippen LogP contribution is 2.32. The molecule has 1 N–H and O–H groups in total. The first-order valence-corrected chi connectivity index (χ1v) is 12.4. The average molecular weight is 565 g/mol. The fourth-order valence-corrected chi connectivity index (χ4v) is 4.71. The summed E-state index contributed by atoms with van der Waals surface area (Å²) < 4.78 is 41.5. The summed E-state index contributed by atoms with van der Waals surface area (Å²) in [5.41, 5.74) is -0.0760. The van der Waals surface area contributed by atoms with Crippen LogP contribution in [-0.4, -0.2) is 32.2 Å². The van der Waals surface area contributed by atoms with E-state index in [2.05, 4.69) is 15.5 Å². The molecule has 0 aliphatic rings. The van der Waals surface area contributed by atoms with Gasteiger partial charge >= 0.3 is 6.18 Å². The minimum absolute atomic E-state index is 0.0200. The van der Waals surface area contributed by atoms with E-state index >= 15 is 0 Å². The number of thioether (sulfide) groups is 1. The summed E-state index contributed by atoms with van der Waals surface area (Å²) in [4.78, 5) is 25.2. The van der Waals surface area contributed by atoms with E-state index < -0.39 is 17.6 Å². The molecule has 0 saturated carbocycles. The van der Waals surface area contributed by atoms with Gasteiger partial charge < -0.3 is 5.32 Å². The third-order valence-electron chi connectivity index (χ3n) is 5.14. The normalized spacial score (nSPS) is 11.4. The Morgan fingerprint density at radius 3 is 2.41 bits per heavy atom. The number of nitrogens with zero attached hydrogens (tertiary/aromatic N) is 3. The molecular weight excluding hydrogens is 548 g/mol. The third-order valence-corrected chi connectivity index (χ3v) is 6.62. The number of aromatic nitrogens is 3. The van der Waals surface area contributed by atoms with Gasteiger partial charge in [0.15, 0.2) is 16.8 Å². The van der Waals surface area contributed by atoms with Gasteiger partial charge in [-0.15, -0.1) is 10.2 Å². The van der Waals surface area contributed by atoms with Gasteiger partial charge in [-0.25, -0.2) is 0 Å². The minimum atomic E-state index is -4.57. The number of hydrogen-bond donors (Lipinski definition) is 1. The molecule has 1 aromatic heterocycles. The lowest BCUT2D eigenvalue weighted by Gasteiger charge is -2.13. The summed E-state index contributed by atoms with van der Waals surface area (Å²) in [5.74, 6) is -0.578. The van der Waals surface area contributed by atoms with Crippen LogP contribution in [-0.2, 0) is 12.7 Å². The first-order chi connectivity index (χ1) is 17.6. The molecule has 0 aliphatic heterocycles. The van der Waals surface area contributed by atoms with Gasteiger partial charge in [-0.2, -0.15) is 13.2 Å². The SMILES string of the molecule is O=C(CSc1nnc(CNC(=O)c2ccc(Cl)cc2Cl)n1-c1cccc(C(F)(F)F)c1)c1ccccc1. The second-order valence-electron chi connectivity index (χ2n) is 7.67. The van der Waals surface area contributed by atoms with Crippen LogP contribution in [0.4, 0.5) is 13.2 Å². The van der Waals surface area contributed by atoms with Crippen molar-refractivity contribution in [3.63, 3.8) is 0 Å². The molecule has 4 rings (SSSR count). The molecule has 0 aliphatic carbocycles. The maximum atomic E-state index is 13.4. The van der Waals surface area contributed by atoms with E-state index in [9.17, 15) is 22.8 Å². The van der Waals surface area contributed by atoms with E-state index in [-0.39, 0.29) is 45.3 Å². The highest BCUT2D eigenvalue weighted by molar-refractivity contribution is 7.99. The van der Waals surface area contributed by atoms with Crippen molar-refractivity contribution in [1.29, 1.82) is 0 Å². The quantitative estimate of drug-likeness (QED) is 0.195. The number of carbonyl (C=O) groups is 2. The Labute approximate surface area is 223 Å². The summed E-state index contributed by atoms with van der Waals surface area (Å²) in [6.45, 7) is -0.172. The van der Waals surface area contributed by atoms with Crippen LogP contribution in [0.15, 0.2) is 78.0 Å². The lowest BCUT2D eigenvalue weighted by atomic mass is 10.2. The molecule has 1 amide bonds. The second kappa shape index (κ2) is 11.4. The Morgan fingerprint density at radius 1 is 0.946 bits per heavy atom. The van der Waals surface area contributed by atoms with Crippen molar-refractivity contribution in [2.45, 2.75) is 17.9 Å². The van der Waals surface area contributed by atoms with Crippen LogP contribution in [0.2, 0.25) is 10.0 Å². The van der Waals surface area contributed by atoms with Crippen molar-refractivity contribution in [1.82, 2.24) is 20.1 Å². The van der Waals surface area contributed by atoms with E-state index in [1.165, 1.54) is 34.9 Å². The Kier molecular flexibility index (Phi) is 8.21. The molecule has 0 fully saturated rings. The van der Waals surface area contributed by atoms with Gasteiger partial charge in [-0.1, -0.05) is 71.4 Å². The van der Waals surface area contributed by atoms with Gasteiger partial charge in [0, 0.05) is 10.6 Å². The molecule has 37 heavy (non-hydrogen) atoms. The lowest BCUT2D eigenvalue weighted by Crippen LogP contribution is -2.25. The van der Waals surface area contributed by atoms with Crippen molar-refractivity contribution in [2.75, 3.05) is 5.75 Å². The summed E-state index contributed by atoms with van der Waals surface area (Å²) in [5, 5.41) is 11.5. The standard InChI is InChI=1S/C25H17Cl2F3N4O2S/c26-17-9-10-19(20(27)12-17)23(36)31-13-22-32-33-24(37-14-21(35)15-5-2-1-3-6-15)34(22)18-8-4-7-16(11-18)25(28,29)30/h1-12H,13-14H2,(H,31,36). The highest BCUT2D eigenvalue weighted by atomic mass is 35.5. The molecule has 0 spiro atoms. The van der Waals surface area contributed by atoms with Gasteiger partial charge in [0.2, 0.25) is 0 Å². The largest absolute Gasteiger partial charge is 0.416 e. The molecule has 0 saturated heterocycles. The van der Waals surface area contributed by atoms with Crippen LogP contribution < -0.4 is 5.32 Å². The summed E-state index contributed by atoms with van der Waals surface area (Å²) in [6, 6.07) is 17.6. The minimum Gasteiger partial charge on any atom is -0.345 e. The third kappa shape index (κ3) is 6.51. The van der Waals surface area contributed by atoms with E-state index in [1.54, 1.807) is 30.3 Å². The summed E-state index contributed by atoms with van der Waals surface area (Å²) in [7, 11) is 0. The number of carbonyl (C=O) groups excluding carboxylic acids is 2. The van der Waals surface area contributed by atoms with Crippen molar-refractivity contribution in [3.8, 4) is 5.69 Å². The van der Waals surface area contributed by atoms with Crippen LogP contribution in [0, 0.1) is 0 Å². The fourth-order valence-electron chi connectivity index (χ4n) is 3.35. The molecule has 3 aromatic carbocycles. The molecule has 0 atom stereocenters. The Bertz CT molecular complexity index is 1450. The Hall–Kier alpha value is -3.34. The summed E-state index contributed by atoms with van der Waals surface area (Å²) in [6.07, 6.45) is -4.57. The van der Waals surface area contributed by atoms with E-state index in [0.29, 0.717) is 10.6 Å². The van der Waals surface area contributed by atoms with Gasteiger partial charge in [0.25, 0.3) is 5.91 Å². The number of halogens is 5. The monoisotopic (exact) mass is 564 g/mol. The van der Waals surface area contributed by atoms with Crippen molar-refractivity contribution in [3.05, 3.63) is 105 Å². The van der Waals surface area contributed by atoms with Crippen LogP contribution in [0.25, 0.3) is 5.69 Å². The number of ketones is 1. The van der Waals surface area contributed by atoms with Crippen molar-refractivity contribution < 1.29 is 22.8 Å². The maximum Gasteiger partial charge on any atom is 0.416 e. The predicted molar refractivity (Wildman–Crippen MR) is 135 cm³/mol. The van der Waals surface area contributed by atoms with E-state index in [0.717, 1.165) is 23.9 Å². The lowest BCUT2D eigenvalue weighted by molar-refractivity contribution is -0.137. The zero-order valence-corrected chi connectivity index (χ0v) is 21.1. The second-order valence-corrected chi connectivity index (χ2v) is 9.45. The number of nitrogens with one attached hydrogen (secondary N) is 1. The van der Waals surface area contributed by atoms with Gasteiger partial charge in [-0.05, 0) is 36.4 Å². The number of rotatable bonds is 8. The molecular formula is C25H17Cl2F3N4O2S. The molecule has 12 heteroatoms. The van der Waals surface area contributed by atoms with Crippen LogP contribution in [0.5, 0.6) is 0 Å². The number of hydrogen-bond acceptors (Lipinski definition) is 5. The van der Waals surface area contributed by atoms with Gasteiger partial charge in [0.1, 0.15) is 0 Å². The molecule has 6 nitrogen and oxygen atoms in total. The topological polar surface area (TPSA) is 76.9 Å². The van der Waals surface area contributed by atoms with Gasteiger partial charge in [0.05, 0.1) is 34.1 Å². The number of Topliss-reactive ketones (excluding diaryl/α,β-unsaturated/α-hetero) is 1. The molecule has 1 heterocycles. The molecule has 0 unspecified atom stereocenters. The highest BCUT2D eigenvalue weighted by Gasteiger charge is 2.31. The van der Waals surface area contributed by atoms with E-state index in [4.69, 9.17) is 23.2 Å². The zero-order chi connectivity index (χ0) is 26.6. The van der Waals surface area contributed by atoms with Crippen molar-refractivity contribution >= 4 is 46.7 Å². The smallest absolute Gasteiger partial charge is 0.345 e. The van der Waals surface area contributed by atoms with Crippen LogP contribution >= 0.6 is 35.0 Å². The first-order valence-electron chi connectivity index (χ1n) is 10.7. The molecule has 190 valence electrons. The summed E-state index contributed by atoms with van der Waals surface area (Å²) >= 11 is 13.0. The molecule has 0 radical (unpaired) electrons. The Balaban J connectivity index is 1.62. The maximum absolute atomic E-state index is 13.4. The van der Waals surface area contributed by atoms with Gasteiger partial charge in [-0.3, -0.25) is 14.2 Å². The molecule has 4 aromatic rings. The van der Waals surface area contributed by atoms with E-state index in [1.807, 2.05) is 0 Å².